The van der Waals surface area contributed by atoms with Crippen molar-refractivity contribution in [2.75, 3.05) is 0 Å². The smallest absolute Gasteiger partial charge is 0.178 e. The first kappa shape index (κ1) is 7.39. The Morgan fingerprint density at radius 1 is 1.90 bits per heavy atom. The first-order valence-electron chi connectivity index (χ1n) is 2.56. The molecule has 2 atom stereocenters. The monoisotopic (exact) mass is 161 g/mol. The summed E-state index contributed by atoms with van der Waals surface area (Å²) in [5.74, 6) is 0.320. The molecule has 56 valence electrons. The molecule has 0 amide bonds. The van der Waals surface area contributed by atoms with Gasteiger partial charge in [0.25, 0.3) is 0 Å². The van der Waals surface area contributed by atoms with Gasteiger partial charge in [0.15, 0.2) is 16.5 Å². The molecule has 0 fully saturated rings. The molecule has 0 spiro atoms. The molecule has 0 aliphatic rings. The second kappa shape index (κ2) is 2.91. The fourth-order valence-corrected chi connectivity index (χ4v) is 0.848. The van der Waals surface area contributed by atoms with Crippen molar-refractivity contribution in [2.24, 2.45) is 5.73 Å². The fourth-order valence-electron chi connectivity index (χ4n) is 0.529. The van der Waals surface area contributed by atoms with Gasteiger partial charge in [-0.1, -0.05) is 0 Å². The number of aromatic amines is 1. The van der Waals surface area contributed by atoms with Crippen LogP contribution in [0.3, 0.4) is 0 Å². The van der Waals surface area contributed by atoms with Crippen molar-refractivity contribution in [3.05, 3.63) is 18.2 Å². The SMILES string of the molecule is NC(c1ncc[nH]1)S(=O)O. The number of nitrogens with one attached hydrogen (secondary N) is 1. The molecule has 0 saturated heterocycles. The summed E-state index contributed by atoms with van der Waals surface area (Å²) < 4.78 is 18.8. The Kier molecular flexibility index (Phi) is 2.15. The molecule has 1 aromatic heterocycles. The number of rotatable bonds is 2. The lowest BCUT2D eigenvalue weighted by Gasteiger charge is -2.00. The van der Waals surface area contributed by atoms with Crippen LogP contribution in [0.1, 0.15) is 11.2 Å². The van der Waals surface area contributed by atoms with E-state index in [1.165, 1.54) is 6.20 Å². The minimum atomic E-state index is -2.06. The van der Waals surface area contributed by atoms with Crippen LogP contribution in [0.4, 0.5) is 0 Å². The Morgan fingerprint density at radius 3 is 3.00 bits per heavy atom. The van der Waals surface area contributed by atoms with E-state index < -0.39 is 16.5 Å². The molecular formula is C4H7N3O2S. The zero-order valence-electron chi connectivity index (χ0n) is 5.02. The van der Waals surface area contributed by atoms with E-state index in [4.69, 9.17) is 10.3 Å². The topological polar surface area (TPSA) is 92.0 Å². The summed E-state index contributed by atoms with van der Waals surface area (Å²) in [5.41, 5.74) is 5.24. The van der Waals surface area contributed by atoms with Crippen LogP contribution in [0, 0.1) is 0 Å². The predicted molar refractivity (Wildman–Crippen MR) is 36.3 cm³/mol. The molecule has 1 heterocycles. The zero-order valence-corrected chi connectivity index (χ0v) is 5.84. The van der Waals surface area contributed by atoms with E-state index in [2.05, 4.69) is 9.97 Å². The Morgan fingerprint density at radius 2 is 2.60 bits per heavy atom. The highest BCUT2D eigenvalue weighted by atomic mass is 32.2. The van der Waals surface area contributed by atoms with E-state index >= 15 is 0 Å². The number of aromatic nitrogens is 2. The number of imidazole rings is 1. The zero-order chi connectivity index (χ0) is 7.56. The number of hydrogen-bond donors (Lipinski definition) is 3. The summed E-state index contributed by atoms with van der Waals surface area (Å²) in [6.07, 6.45) is 3.02. The van der Waals surface area contributed by atoms with Gasteiger partial charge >= 0.3 is 0 Å². The largest absolute Gasteiger partial charge is 0.346 e. The fraction of sp³-hybridized carbons (Fsp3) is 0.250. The summed E-state index contributed by atoms with van der Waals surface area (Å²) in [5, 5.41) is -0.935. The van der Waals surface area contributed by atoms with E-state index in [1.807, 2.05) is 0 Å². The molecular weight excluding hydrogens is 154 g/mol. The molecule has 0 bridgehead atoms. The summed E-state index contributed by atoms with van der Waals surface area (Å²) in [4.78, 5) is 6.33. The van der Waals surface area contributed by atoms with Crippen LogP contribution in [0.5, 0.6) is 0 Å². The average molecular weight is 161 g/mol. The number of H-pyrrole nitrogens is 1. The van der Waals surface area contributed by atoms with Gasteiger partial charge in [-0.05, 0) is 0 Å². The highest BCUT2D eigenvalue weighted by Crippen LogP contribution is 2.04. The first-order chi connectivity index (χ1) is 4.72. The van der Waals surface area contributed by atoms with Gasteiger partial charge < -0.3 is 15.3 Å². The van der Waals surface area contributed by atoms with E-state index in [9.17, 15) is 4.21 Å². The standard InChI is InChI=1S/C4H7N3O2S/c5-3(10(8)9)4-6-1-2-7-4/h1-3H,5H2,(H,6,7)(H,8,9). The van der Waals surface area contributed by atoms with Gasteiger partial charge in [0.1, 0.15) is 5.82 Å². The van der Waals surface area contributed by atoms with Gasteiger partial charge in [-0.3, -0.25) is 0 Å². The lowest BCUT2D eigenvalue weighted by molar-refractivity contribution is 0.548. The van der Waals surface area contributed by atoms with Crippen molar-refractivity contribution in [3.8, 4) is 0 Å². The molecule has 1 aromatic rings. The third kappa shape index (κ3) is 1.41. The van der Waals surface area contributed by atoms with Gasteiger partial charge in [-0.15, -0.1) is 0 Å². The van der Waals surface area contributed by atoms with Crippen molar-refractivity contribution >= 4 is 11.1 Å². The van der Waals surface area contributed by atoms with E-state index in [0.29, 0.717) is 5.82 Å². The number of nitrogens with two attached hydrogens (primary N) is 1. The summed E-state index contributed by atoms with van der Waals surface area (Å²) in [7, 11) is 0. The van der Waals surface area contributed by atoms with Gasteiger partial charge in [0.05, 0.1) is 0 Å². The van der Waals surface area contributed by atoms with Crippen LogP contribution in [-0.2, 0) is 11.1 Å². The van der Waals surface area contributed by atoms with Crippen molar-refractivity contribution in [2.45, 2.75) is 5.37 Å². The highest BCUT2D eigenvalue weighted by Gasteiger charge is 2.12. The molecule has 1 rings (SSSR count). The Hall–Kier alpha value is -0.720. The molecule has 0 aliphatic carbocycles. The van der Waals surface area contributed by atoms with Gasteiger partial charge in [0, 0.05) is 12.4 Å². The minimum Gasteiger partial charge on any atom is -0.346 e. The highest BCUT2D eigenvalue weighted by molar-refractivity contribution is 7.79. The van der Waals surface area contributed by atoms with Crippen LogP contribution in [0.15, 0.2) is 12.4 Å². The molecule has 5 nitrogen and oxygen atoms in total. The maximum atomic E-state index is 10.3. The Balaban J connectivity index is 2.77. The van der Waals surface area contributed by atoms with Gasteiger partial charge in [-0.25, -0.2) is 9.19 Å². The summed E-state index contributed by atoms with van der Waals surface area (Å²) in [6, 6.07) is 0. The van der Waals surface area contributed by atoms with Gasteiger partial charge in [-0.2, -0.15) is 0 Å². The normalized spacial score (nSPS) is 16.6. The van der Waals surface area contributed by atoms with E-state index in [-0.39, 0.29) is 0 Å². The molecule has 6 heteroatoms. The Labute approximate surface area is 59.9 Å². The van der Waals surface area contributed by atoms with Crippen molar-refractivity contribution in [1.29, 1.82) is 0 Å². The third-order valence-corrected chi connectivity index (χ3v) is 1.66. The minimum absolute atomic E-state index is 0.320. The van der Waals surface area contributed by atoms with Crippen LogP contribution in [-0.4, -0.2) is 18.7 Å². The molecule has 4 N–H and O–H groups in total. The van der Waals surface area contributed by atoms with Gasteiger partial charge in [0.2, 0.25) is 0 Å². The summed E-state index contributed by atoms with van der Waals surface area (Å²) in [6.45, 7) is 0. The maximum Gasteiger partial charge on any atom is 0.178 e. The van der Waals surface area contributed by atoms with E-state index in [1.54, 1.807) is 6.20 Å². The van der Waals surface area contributed by atoms with Crippen LogP contribution >= 0.6 is 0 Å². The third-order valence-electron chi connectivity index (χ3n) is 1.01. The van der Waals surface area contributed by atoms with Crippen molar-refractivity contribution < 1.29 is 8.76 Å². The predicted octanol–water partition coefficient (Wildman–Crippen LogP) is -0.411. The summed E-state index contributed by atoms with van der Waals surface area (Å²) >= 11 is -2.06. The van der Waals surface area contributed by atoms with Crippen molar-refractivity contribution in [3.63, 3.8) is 0 Å². The maximum absolute atomic E-state index is 10.3. The Bertz CT molecular complexity index is 222. The lowest BCUT2D eigenvalue weighted by atomic mass is 10.6. The second-order valence-electron chi connectivity index (χ2n) is 1.67. The average Bonchev–Trinajstić information content (AvgIpc) is 2.36. The second-order valence-corrected chi connectivity index (χ2v) is 2.73. The lowest BCUT2D eigenvalue weighted by Crippen LogP contribution is -2.16. The van der Waals surface area contributed by atoms with Crippen LogP contribution in [0.25, 0.3) is 0 Å². The molecule has 0 aromatic carbocycles. The number of hydrogen-bond acceptors (Lipinski definition) is 3. The van der Waals surface area contributed by atoms with Crippen LogP contribution < -0.4 is 5.73 Å². The molecule has 2 unspecified atom stereocenters. The number of nitrogens with zero attached hydrogens (tertiary/aromatic N) is 1. The first-order valence-corrected chi connectivity index (χ1v) is 3.73. The molecule has 0 saturated carbocycles. The molecule has 0 aliphatic heterocycles. The van der Waals surface area contributed by atoms with E-state index in [0.717, 1.165) is 0 Å². The van der Waals surface area contributed by atoms with Crippen LogP contribution in [0.2, 0.25) is 0 Å². The quantitative estimate of drug-likeness (QED) is 0.514. The molecule has 0 radical (unpaired) electrons. The van der Waals surface area contributed by atoms with Crippen molar-refractivity contribution in [1.82, 2.24) is 9.97 Å². The molecule has 10 heavy (non-hydrogen) atoms.